The molecule has 4 rings (SSSR count). The largest absolute Gasteiger partial charge is 0.416 e. The van der Waals surface area contributed by atoms with E-state index in [1.807, 2.05) is 15.9 Å². The fraction of sp³-hybridized carbons (Fsp3) is 0.292. The summed E-state index contributed by atoms with van der Waals surface area (Å²) in [5, 5.41) is 9.42. The molecule has 2 heterocycles. The average Bonchev–Trinajstić information content (AvgIpc) is 3.27. The molecule has 11 heteroatoms. The number of hydrogen-bond acceptors (Lipinski definition) is 5. The molecule has 7 nitrogen and oxygen atoms in total. The van der Waals surface area contributed by atoms with Gasteiger partial charge in [-0.15, -0.1) is 0 Å². The Kier molecular flexibility index (Phi) is 7.00. The number of nitriles is 1. The number of aromatic amines is 2. The normalized spacial score (nSPS) is 16.3. The van der Waals surface area contributed by atoms with Crippen LogP contribution in [0, 0.1) is 11.3 Å². The summed E-state index contributed by atoms with van der Waals surface area (Å²) in [6.07, 6.45) is -2.50. The Labute approximate surface area is 203 Å². The molecule has 1 atom stereocenters. The van der Waals surface area contributed by atoms with Crippen molar-refractivity contribution in [3.63, 3.8) is 0 Å². The SMILES string of the molecule is N#Cc1ccc(N(Cc2ccccc2C(F)(F)F)[C@H]2CCN(Cc3c[nH]c(=O)[nH]c3=O)C2)cc1Cl. The van der Waals surface area contributed by atoms with Gasteiger partial charge < -0.3 is 9.88 Å². The van der Waals surface area contributed by atoms with Gasteiger partial charge in [0.15, 0.2) is 0 Å². The molecule has 1 aromatic heterocycles. The number of H-pyrrole nitrogens is 2. The van der Waals surface area contributed by atoms with Gasteiger partial charge in [-0.25, -0.2) is 4.79 Å². The van der Waals surface area contributed by atoms with E-state index in [0.717, 1.165) is 6.07 Å². The Morgan fingerprint density at radius 1 is 1.17 bits per heavy atom. The van der Waals surface area contributed by atoms with Crippen molar-refractivity contribution in [1.29, 1.82) is 5.26 Å². The third-order valence-corrected chi connectivity index (χ3v) is 6.36. The van der Waals surface area contributed by atoms with Crippen LogP contribution in [-0.2, 0) is 19.3 Å². The number of nitrogens with one attached hydrogen (secondary N) is 2. The van der Waals surface area contributed by atoms with E-state index in [1.54, 1.807) is 24.3 Å². The maximum Gasteiger partial charge on any atom is 0.416 e. The molecule has 1 fully saturated rings. The van der Waals surface area contributed by atoms with Crippen LogP contribution in [0.3, 0.4) is 0 Å². The predicted molar refractivity (Wildman–Crippen MR) is 125 cm³/mol. The van der Waals surface area contributed by atoms with Crippen molar-refractivity contribution in [2.24, 2.45) is 0 Å². The Hall–Kier alpha value is -3.55. The van der Waals surface area contributed by atoms with Gasteiger partial charge in [-0.3, -0.25) is 14.7 Å². The highest BCUT2D eigenvalue weighted by atomic mass is 35.5. The summed E-state index contributed by atoms with van der Waals surface area (Å²) in [7, 11) is 0. The number of nitrogens with zero attached hydrogens (tertiary/aromatic N) is 3. The lowest BCUT2D eigenvalue weighted by Crippen LogP contribution is -2.38. The van der Waals surface area contributed by atoms with Crippen molar-refractivity contribution in [3.05, 3.63) is 96.8 Å². The summed E-state index contributed by atoms with van der Waals surface area (Å²) >= 11 is 6.25. The van der Waals surface area contributed by atoms with Crippen LogP contribution in [-0.4, -0.2) is 34.0 Å². The molecule has 3 aromatic rings. The zero-order valence-electron chi connectivity index (χ0n) is 18.4. The van der Waals surface area contributed by atoms with Crippen LogP contribution in [0.25, 0.3) is 0 Å². The number of anilines is 1. The summed E-state index contributed by atoms with van der Waals surface area (Å²) in [4.78, 5) is 31.9. The molecule has 0 amide bonds. The van der Waals surface area contributed by atoms with E-state index < -0.39 is 23.0 Å². The quantitative estimate of drug-likeness (QED) is 0.532. The highest BCUT2D eigenvalue weighted by molar-refractivity contribution is 6.32. The van der Waals surface area contributed by atoms with Crippen molar-refractivity contribution < 1.29 is 13.2 Å². The molecule has 1 aliphatic heterocycles. The van der Waals surface area contributed by atoms with Gasteiger partial charge in [0.05, 0.1) is 16.1 Å². The van der Waals surface area contributed by atoms with E-state index in [4.69, 9.17) is 11.6 Å². The topological polar surface area (TPSA) is 96.0 Å². The van der Waals surface area contributed by atoms with Gasteiger partial charge >= 0.3 is 11.9 Å². The van der Waals surface area contributed by atoms with E-state index in [2.05, 4.69) is 9.97 Å². The summed E-state index contributed by atoms with van der Waals surface area (Å²) < 4.78 is 41.0. The molecular formula is C24H21ClF3N5O2. The van der Waals surface area contributed by atoms with Crippen LogP contribution in [0.1, 0.15) is 28.7 Å². The van der Waals surface area contributed by atoms with Crippen molar-refractivity contribution >= 4 is 17.3 Å². The van der Waals surface area contributed by atoms with Gasteiger partial charge in [0.25, 0.3) is 5.56 Å². The minimum atomic E-state index is -4.50. The van der Waals surface area contributed by atoms with Crippen molar-refractivity contribution in [2.45, 2.75) is 31.7 Å². The standard InChI is InChI=1S/C24H21ClF3N5O2/c25-21-9-18(6-5-15(21)10-29)33(13-16-3-1-2-4-20(16)24(26,27)28)19-7-8-32(14-19)12-17-11-30-23(35)31-22(17)34/h1-6,9,11,19H,7-8,12-14H2,(H2,30,31,34,35)/t19-/m0/s1. The van der Waals surface area contributed by atoms with Gasteiger partial charge in [-0.05, 0) is 36.2 Å². The minimum Gasteiger partial charge on any atom is -0.363 e. The van der Waals surface area contributed by atoms with Crippen LogP contribution in [0.2, 0.25) is 5.02 Å². The minimum absolute atomic E-state index is 0.0182. The highest BCUT2D eigenvalue weighted by Gasteiger charge is 2.35. The van der Waals surface area contributed by atoms with E-state index in [0.29, 0.717) is 30.8 Å². The molecule has 0 unspecified atom stereocenters. The zero-order valence-corrected chi connectivity index (χ0v) is 19.2. The van der Waals surface area contributed by atoms with Crippen LogP contribution >= 0.6 is 11.6 Å². The number of aromatic nitrogens is 2. The smallest absolute Gasteiger partial charge is 0.363 e. The Balaban J connectivity index is 1.64. The van der Waals surface area contributed by atoms with E-state index in [9.17, 15) is 28.0 Å². The first-order valence-corrected chi connectivity index (χ1v) is 11.2. The number of hydrogen-bond donors (Lipinski definition) is 2. The summed E-state index contributed by atoms with van der Waals surface area (Å²) in [5.41, 5.74) is -0.399. The molecule has 1 saturated heterocycles. The molecule has 0 saturated carbocycles. The first-order valence-electron chi connectivity index (χ1n) is 10.8. The van der Waals surface area contributed by atoms with Crippen molar-refractivity contribution in [3.8, 4) is 6.07 Å². The lowest BCUT2D eigenvalue weighted by molar-refractivity contribution is -0.138. The summed E-state index contributed by atoms with van der Waals surface area (Å²) in [6, 6.07) is 12.1. The Morgan fingerprint density at radius 2 is 1.94 bits per heavy atom. The van der Waals surface area contributed by atoms with Gasteiger partial charge in [0.2, 0.25) is 0 Å². The Morgan fingerprint density at radius 3 is 2.63 bits per heavy atom. The molecule has 2 N–H and O–H groups in total. The average molecular weight is 504 g/mol. The van der Waals surface area contributed by atoms with Gasteiger partial charge in [-0.2, -0.15) is 18.4 Å². The van der Waals surface area contributed by atoms with Crippen molar-refractivity contribution in [2.75, 3.05) is 18.0 Å². The number of rotatable bonds is 6. The molecule has 0 spiro atoms. The van der Waals surface area contributed by atoms with E-state index in [1.165, 1.54) is 18.3 Å². The molecule has 2 aromatic carbocycles. The fourth-order valence-corrected chi connectivity index (χ4v) is 4.55. The van der Waals surface area contributed by atoms with E-state index in [-0.39, 0.29) is 35.3 Å². The van der Waals surface area contributed by atoms with Crippen LogP contribution < -0.4 is 16.1 Å². The number of likely N-dealkylation sites (tertiary alicyclic amines) is 1. The lowest BCUT2D eigenvalue weighted by Gasteiger charge is -2.32. The van der Waals surface area contributed by atoms with Gasteiger partial charge in [0, 0.05) is 49.7 Å². The van der Waals surface area contributed by atoms with Crippen LogP contribution in [0.4, 0.5) is 18.9 Å². The first kappa shape index (κ1) is 24.6. The molecule has 1 aliphatic rings. The molecule has 0 aliphatic carbocycles. The van der Waals surface area contributed by atoms with Crippen LogP contribution in [0.5, 0.6) is 0 Å². The summed E-state index contributed by atoms with van der Waals surface area (Å²) in [5.74, 6) is 0. The molecule has 35 heavy (non-hydrogen) atoms. The zero-order chi connectivity index (χ0) is 25.2. The monoisotopic (exact) mass is 503 g/mol. The second kappa shape index (κ2) is 9.98. The maximum absolute atomic E-state index is 13.7. The second-order valence-corrected chi connectivity index (χ2v) is 8.74. The third-order valence-electron chi connectivity index (χ3n) is 6.05. The summed E-state index contributed by atoms with van der Waals surface area (Å²) in [6.45, 7) is 1.34. The first-order chi connectivity index (χ1) is 16.7. The molecule has 182 valence electrons. The van der Waals surface area contributed by atoms with Crippen LogP contribution in [0.15, 0.2) is 58.3 Å². The fourth-order valence-electron chi connectivity index (χ4n) is 4.33. The molecular weight excluding hydrogens is 483 g/mol. The number of alkyl halides is 3. The highest BCUT2D eigenvalue weighted by Crippen LogP contribution is 2.35. The Bertz CT molecular complexity index is 1380. The van der Waals surface area contributed by atoms with Crippen molar-refractivity contribution in [1.82, 2.24) is 14.9 Å². The second-order valence-electron chi connectivity index (χ2n) is 8.33. The lowest BCUT2D eigenvalue weighted by atomic mass is 10.0. The molecule has 0 bridgehead atoms. The predicted octanol–water partition coefficient (Wildman–Crippen LogP) is 3.89. The maximum atomic E-state index is 13.7. The number of benzene rings is 2. The number of halogens is 4. The van der Waals surface area contributed by atoms with Gasteiger partial charge in [-0.1, -0.05) is 29.8 Å². The van der Waals surface area contributed by atoms with E-state index >= 15 is 0 Å². The van der Waals surface area contributed by atoms with Gasteiger partial charge in [0.1, 0.15) is 6.07 Å². The third kappa shape index (κ3) is 5.58. The molecule has 0 radical (unpaired) electrons.